The third-order valence-electron chi connectivity index (χ3n) is 3.93. The van der Waals surface area contributed by atoms with Gasteiger partial charge in [-0.3, -0.25) is 0 Å². The zero-order valence-corrected chi connectivity index (χ0v) is 16.2. The highest BCUT2D eigenvalue weighted by Gasteiger charge is 2.19. The van der Waals surface area contributed by atoms with Gasteiger partial charge in [0.1, 0.15) is 23.3 Å². The van der Waals surface area contributed by atoms with E-state index in [1.165, 1.54) is 23.8 Å². The van der Waals surface area contributed by atoms with Crippen molar-refractivity contribution in [3.05, 3.63) is 51.9 Å². The summed E-state index contributed by atoms with van der Waals surface area (Å²) in [6, 6.07) is 4.48. The Morgan fingerprint density at radius 2 is 1.93 bits per heavy atom. The lowest BCUT2D eigenvalue weighted by Crippen LogP contribution is -2.11. The summed E-state index contributed by atoms with van der Waals surface area (Å²) in [5.41, 5.74) is 1.60. The molecule has 2 aromatic rings. The Bertz CT molecular complexity index is 963. The molecule has 0 saturated heterocycles. The summed E-state index contributed by atoms with van der Waals surface area (Å²) in [6.45, 7) is 5.53. The molecule has 0 bridgehead atoms. The molecular formula is C21H24O7. The van der Waals surface area contributed by atoms with Crippen LogP contribution >= 0.6 is 0 Å². The van der Waals surface area contributed by atoms with Crippen LogP contribution < -0.4 is 15.1 Å². The van der Waals surface area contributed by atoms with Crippen LogP contribution in [0.4, 0.5) is 0 Å². The van der Waals surface area contributed by atoms with Crippen molar-refractivity contribution < 1.29 is 28.9 Å². The van der Waals surface area contributed by atoms with Crippen LogP contribution in [0.15, 0.2) is 50.7 Å². The number of ether oxygens (including phenoxy) is 2. The van der Waals surface area contributed by atoms with Crippen molar-refractivity contribution in [3.63, 3.8) is 0 Å². The second kappa shape index (κ2) is 9.64. The van der Waals surface area contributed by atoms with Crippen molar-refractivity contribution in [2.24, 2.45) is 0 Å². The SMILES string of the molecule is CC(C)=CCC/C(C)=C/COc1c(O)c2c(OCC(=O)O)cccc2oc1=O. The zero-order chi connectivity index (χ0) is 20.7. The van der Waals surface area contributed by atoms with E-state index in [2.05, 4.69) is 6.08 Å². The minimum Gasteiger partial charge on any atom is -0.503 e. The van der Waals surface area contributed by atoms with Gasteiger partial charge in [-0.25, -0.2) is 9.59 Å². The van der Waals surface area contributed by atoms with Gasteiger partial charge < -0.3 is 24.1 Å². The lowest BCUT2D eigenvalue weighted by molar-refractivity contribution is -0.139. The van der Waals surface area contributed by atoms with Gasteiger partial charge in [0.15, 0.2) is 12.4 Å². The molecule has 1 aromatic heterocycles. The van der Waals surface area contributed by atoms with Crippen LogP contribution in [0.25, 0.3) is 11.0 Å². The Morgan fingerprint density at radius 3 is 2.61 bits per heavy atom. The maximum absolute atomic E-state index is 12.1. The van der Waals surface area contributed by atoms with E-state index in [0.717, 1.165) is 18.4 Å². The number of aromatic hydroxyl groups is 1. The molecule has 0 amide bonds. The Morgan fingerprint density at radius 1 is 1.18 bits per heavy atom. The van der Waals surface area contributed by atoms with Crippen LogP contribution in [-0.2, 0) is 4.79 Å². The van der Waals surface area contributed by atoms with Crippen LogP contribution in [0, 0.1) is 0 Å². The highest BCUT2D eigenvalue weighted by Crippen LogP contribution is 2.37. The molecule has 0 unspecified atom stereocenters. The summed E-state index contributed by atoms with van der Waals surface area (Å²) in [5, 5.41) is 19.4. The second-order valence-corrected chi connectivity index (χ2v) is 6.56. The van der Waals surface area contributed by atoms with E-state index in [1.807, 2.05) is 26.8 Å². The van der Waals surface area contributed by atoms with E-state index in [9.17, 15) is 14.7 Å². The van der Waals surface area contributed by atoms with Crippen LogP contribution in [0.5, 0.6) is 17.2 Å². The van der Waals surface area contributed by atoms with Gasteiger partial charge >= 0.3 is 11.6 Å². The molecule has 1 heterocycles. The Balaban J connectivity index is 2.22. The van der Waals surface area contributed by atoms with Crippen LogP contribution in [0.2, 0.25) is 0 Å². The molecule has 2 N–H and O–H groups in total. The zero-order valence-electron chi connectivity index (χ0n) is 16.2. The van der Waals surface area contributed by atoms with E-state index in [-0.39, 0.29) is 29.1 Å². The number of carboxylic acid groups (broad SMARTS) is 1. The first-order valence-electron chi connectivity index (χ1n) is 8.84. The van der Waals surface area contributed by atoms with Crippen molar-refractivity contribution in [3.8, 4) is 17.2 Å². The van der Waals surface area contributed by atoms with Crippen molar-refractivity contribution in [2.45, 2.75) is 33.6 Å². The first-order valence-corrected chi connectivity index (χ1v) is 8.84. The largest absolute Gasteiger partial charge is 0.503 e. The summed E-state index contributed by atoms with van der Waals surface area (Å²) in [4.78, 5) is 22.9. The number of allylic oxidation sites excluding steroid dienone is 3. The summed E-state index contributed by atoms with van der Waals surface area (Å²) < 4.78 is 15.8. The maximum atomic E-state index is 12.1. The van der Waals surface area contributed by atoms with E-state index in [1.54, 1.807) is 0 Å². The summed E-state index contributed by atoms with van der Waals surface area (Å²) >= 11 is 0. The molecule has 1 aromatic carbocycles. The molecule has 0 saturated carbocycles. The molecule has 0 aliphatic carbocycles. The van der Waals surface area contributed by atoms with E-state index in [4.69, 9.17) is 19.0 Å². The average molecular weight is 388 g/mol. The molecular weight excluding hydrogens is 364 g/mol. The third-order valence-corrected chi connectivity index (χ3v) is 3.93. The predicted molar refractivity (Wildman–Crippen MR) is 105 cm³/mol. The van der Waals surface area contributed by atoms with Gasteiger partial charge in [0.25, 0.3) is 0 Å². The fourth-order valence-corrected chi connectivity index (χ4v) is 2.53. The first-order chi connectivity index (χ1) is 13.3. The molecule has 150 valence electrons. The van der Waals surface area contributed by atoms with Crippen LogP contribution in [0.1, 0.15) is 33.6 Å². The number of fused-ring (bicyclic) bond motifs is 1. The minimum atomic E-state index is -1.17. The van der Waals surface area contributed by atoms with E-state index in [0.29, 0.717) is 0 Å². The normalized spacial score (nSPS) is 11.3. The van der Waals surface area contributed by atoms with Gasteiger partial charge in [-0.2, -0.15) is 0 Å². The average Bonchev–Trinajstić information content (AvgIpc) is 2.62. The number of rotatable bonds is 9. The molecule has 0 fully saturated rings. The number of benzene rings is 1. The summed E-state index contributed by atoms with van der Waals surface area (Å²) in [7, 11) is 0. The molecule has 0 aliphatic heterocycles. The van der Waals surface area contributed by atoms with E-state index >= 15 is 0 Å². The second-order valence-electron chi connectivity index (χ2n) is 6.56. The van der Waals surface area contributed by atoms with E-state index < -0.39 is 24.0 Å². The molecule has 0 spiro atoms. The topological polar surface area (TPSA) is 106 Å². The molecule has 28 heavy (non-hydrogen) atoms. The van der Waals surface area contributed by atoms with Gasteiger partial charge in [-0.1, -0.05) is 23.3 Å². The number of carbonyl (C=O) groups is 1. The predicted octanol–water partition coefficient (Wildman–Crippen LogP) is 4.03. The number of hydrogen-bond acceptors (Lipinski definition) is 6. The number of hydrogen-bond donors (Lipinski definition) is 2. The molecule has 7 heteroatoms. The lowest BCUT2D eigenvalue weighted by Gasteiger charge is -2.11. The Labute approximate surface area is 162 Å². The molecule has 2 rings (SSSR count). The monoisotopic (exact) mass is 388 g/mol. The highest BCUT2D eigenvalue weighted by atomic mass is 16.5. The highest BCUT2D eigenvalue weighted by molar-refractivity contribution is 5.91. The Hall–Kier alpha value is -3.22. The van der Waals surface area contributed by atoms with Gasteiger partial charge in [-0.15, -0.1) is 0 Å². The first kappa shape index (κ1) is 21.1. The van der Waals surface area contributed by atoms with Crippen LogP contribution in [0.3, 0.4) is 0 Å². The minimum absolute atomic E-state index is 0.0752. The molecule has 0 aliphatic rings. The van der Waals surface area contributed by atoms with Crippen molar-refractivity contribution in [1.29, 1.82) is 0 Å². The molecule has 0 atom stereocenters. The third kappa shape index (κ3) is 5.64. The van der Waals surface area contributed by atoms with Crippen LogP contribution in [-0.4, -0.2) is 29.4 Å². The summed E-state index contributed by atoms with van der Waals surface area (Å²) in [5.74, 6) is -1.87. The van der Waals surface area contributed by atoms with Gasteiger partial charge in [0.05, 0.1) is 0 Å². The lowest BCUT2D eigenvalue weighted by atomic mass is 10.1. The number of carboxylic acids is 1. The quantitative estimate of drug-likeness (QED) is 0.493. The van der Waals surface area contributed by atoms with Crippen molar-refractivity contribution in [2.75, 3.05) is 13.2 Å². The van der Waals surface area contributed by atoms with Gasteiger partial charge in [0, 0.05) is 0 Å². The summed E-state index contributed by atoms with van der Waals surface area (Å²) in [6.07, 6.45) is 5.74. The molecule has 7 nitrogen and oxygen atoms in total. The maximum Gasteiger partial charge on any atom is 0.383 e. The standard InChI is InChI=1S/C21H24O7/c1-13(2)6-4-7-14(3)10-11-26-20-19(24)18-15(27-12-17(22)23)8-5-9-16(18)28-21(20)25/h5-6,8-10,24H,4,7,11-12H2,1-3H3,(H,22,23)/b14-10+. The molecule has 0 radical (unpaired) electrons. The van der Waals surface area contributed by atoms with Crippen molar-refractivity contribution in [1.82, 2.24) is 0 Å². The van der Waals surface area contributed by atoms with Gasteiger partial charge in [0.2, 0.25) is 5.75 Å². The number of aliphatic carboxylic acids is 1. The fraction of sp³-hybridized carbons (Fsp3) is 0.333. The van der Waals surface area contributed by atoms with Gasteiger partial charge in [-0.05, 0) is 51.8 Å². The van der Waals surface area contributed by atoms with Crippen molar-refractivity contribution >= 4 is 16.9 Å². The smallest absolute Gasteiger partial charge is 0.383 e. The Kier molecular flexibility index (Phi) is 7.26. The fourth-order valence-electron chi connectivity index (χ4n) is 2.53.